The van der Waals surface area contributed by atoms with E-state index in [-0.39, 0.29) is 0 Å². The van der Waals surface area contributed by atoms with Gasteiger partial charge in [0.15, 0.2) is 0 Å². The number of nitrogens with zero attached hydrogens (tertiary/aromatic N) is 1. The van der Waals surface area contributed by atoms with Crippen molar-refractivity contribution in [3.63, 3.8) is 0 Å². The molecule has 1 N–H and O–H groups in total. The monoisotopic (exact) mass is 246 g/mol. The summed E-state index contributed by atoms with van der Waals surface area (Å²) in [6, 6.07) is 8.93. The Labute approximate surface area is 107 Å². The van der Waals surface area contributed by atoms with E-state index in [1.165, 1.54) is 16.3 Å². The van der Waals surface area contributed by atoms with Gasteiger partial charge in [0.1, 0.15) is 0 Å². The van der Waals surface area contributed by atoms with Crippen LogP contribution in [0.25, 0.3) is 10.8 Å². The summed E-state index contributed by atoms with van der Waals surface area (Å²) in [5, 5.41) is 6.04. The maximum Gasteiger partial charge on any atom is 0.0346 e. The Kier molecular flexibility index (Phi) is 4.40. The van der Waals surface area contributed by atoms with Crippen LogP contribution in [-0.4, -0.2) is 23.0 Å². The van der Waals surface area contributed by atoms with Crippen LogP contribution in [0.1, 0.15) is 12.5 Å². The van der Waals surface area contributed by atoms with Crippen LogP contribution in [0.5, 0.6) is 0 Å². The molecular formula is C14H18N2S. The number of fused-ring (bicyclic) bond motifs is 1. The molecule has 0 spiro atoms. The molecule has 0 bridgehead atoms. The van der Waals surface area contributed by atoms with Crippen molar-refractivity contribution in [2.24, 2.45) is 0 Å². The van der Waals surface area contributed by atoms with E-state index in [2.05, 4.69) is 47.7 Å². The average Bonchev–Trinajstić information content (AvgIpc) is 2.36. The van der Waals surface area contributed by atoms with Crippen LogP contribution in [-0.2, 0) is 6.54 Å². The first-order valence-electron chi connectivity index (χ1n) is 5.85. The molecule has 17 heavy (non-hydrogen) atoms. The predicted octanol–water partition coefficient (Wildman–Crippen LogP) is 3.08. The molecule has 0 aliphatic rings. The van der Waals surface area contributed by atoms with Gasteiger partial charge in [0, 0.05) is 36.1 Å². The Balaban J connectivity index is 2.13. The number of benzene rings is 1. The normalized spacial score (nSPS) is 12.8. The van der Waals surface area contributed by atoms with E-state index in [0.717, 1.165) is 12.3 Å². The van der Waals surface area contributed by atoms with Crippen molar-refractivity contribution in [3.8, 4) is 0 Å². The summed E-state index contributed by atoms with van der Waals surface area (Å²) in [5.41, 5.74) is 1.27. The molecule has 2 nitrogen and oxygen atoms in total. The van der Waals surface area contributed by atoms with Crippen LogP contribution < -0.4 is 5.32 Å². The molecule has 1 aromatic heterocycles. The van der Waals surface area contributed by atoms with E-state index in [9.17, 15) is 0 Å². The Bertz CT molecular complexity index is 479. The van der Waals surface area contributed by atoms with Crippen molar-refractivity contribution >= 4 is 22.5 Å². The van der Waals surface area contributed by atoms with Gasteiger partial charge >= 0.3 is 0 Å². The molecule has 0 radical (unpaired) electrons. The zero-order valence-electron chi connectivity index (χ0n) is 10.3. The topological polar surface area (TPSA) is 24.9 Å². The van der Waals surface area contributed by atoms with Gasteiger partial charge in [0.25, 0.3) is 0 Å². The second kappa shape index (κ2) is 6.03. The lowest BCUT2D eigenvalue weighted by Crippen LogP contribution is -2.27. The third-order valence-corrected chi connectivity index (χ3v) is 3.64. The molecule has 1 heterocycles. The summed E-state index contributed by atoms with van der Waals surface area (Å²) in [6.07, 6.45) is 6.02. The standard InChI is InChI=1S/C14H18N2S/c1-11(10-17-2)16-9-13-8-15-7-12-5-3-4-6-14(12)13/h3-8,11,16H,9-10H2,1-2H3. The fourth-order valence-corrected chi connectivity index (χ4v) is 2.53. The van der Waals surface area contributed by atoms with E-state index in [1.54, 1.807) is 0 Å². The molecule has 3 heteroatoms. The summed E-state index contributed by atoms with van der Waals surface area (Å²) in [4.78, 5) is 4.29. The van der Waals surface area contributed by atoms with Gasteiger partial charge in [-0.1, -0.05) is 24.3 Å². The number of rotatable bonds is 5. The molecule has 1 unspecified atom stereocenters. The summed E-state index contributed by atoms with van der Waals surface area (Å²) < 4.78 is 0. The number of hydrogen-bond donors (Lipinski definition) is 1. The van der Waals surface area contributed by atoms with Gasteiger partial charge in [0.05, 0.1) is 0 Å². The second-order valence-electron chi connectivity index (χ2n) is 4.26. The van der Waals surface area contributed by atoms with Crippen LogP contribution in [0.2, 0.25) is 0 Å². The van der Waals surface area contributed by atoms with E-state index in [4.69, 9.17) is 0 Å². The van der Waals surface area contributed by atoms with Gasteiger partial charge in [-0.2, -0.15) is 11.8 Å². The molecule has 90 valence electrons. The van der Waals surface area contributed by atoms with E-state index >= 15 is 0 Å². The average molecular weight is 246 g/mol. The van der Waals surface area contributed by atoms with E-state index in [1.807, 2.05) is 24.2 Å². The van der Waals surface area contributed by atoms with Gasteiger partial charge in [-0.25, -0.2) is 0 Å². The minimum Gasteiger partial charge on any atom is -0.309 e. The fourth-order valence-electron chi connectivity index (χ4n) is 1.91. The van der Waals surface area contributed by atoms with Crippen molar-refractivity contribution in [2.75, 3.05) is 12.0 Å². The van der Waals surface area contributed by atoms with Crippen molar-refractivity contribution in [1.29, 1.82) is 0 Å². The molecule has 0 saturated heterocycles. The maximum absolute atomic E-state index is 4.29. The fraction of sp³-hybridized carbons (Fsp3) is 0.357. The van der Waals surface area contributed by atoms with Crippen LogP contribution >= 0.6 is 11.8 Å². The quantitative estimate of drug-likeness (QED) is 0.877. The summed E-state index contributed by atoms with van der Waals surface area (Å²) >= 11 is 1.87. The Morgan fingerprint density at radius 3 is 2.94 bits per heavy atom. The molecule has 0 aliphatic carbocycles. The second-order valence-corrected chi connectivity index (χ2v) is 5.17. The highest BCUT2D eigenvalue weighted by molar-refractivity contribution is 7.98. The Hall–Kier alpha value is -1.06. The van der Waals surface area contributed by atoms with Gasteiger partial charge < -0.3 is 5.32 Å². The van der Waals surface area contributed by atoms with Crippen molar-refractivity contribution < 1.29 is 0 Å². The van der Waals surface area contributed by atoms with Gasteiger partial charge in [-0.15, -0.1) is 0 Å². The molecule has 2 rings (SSSR count). The third kappa shape index (κ3) is 3.20. The molecule has 0 aliphatic heterocycles. The first-order valence-corrected chi connectivity index (χ1v) is 7.24. The number of aromatic nitrogens is 1. The van der Waals surface area contributed by atoms with Crippen LogP contribution in [0.3, 0.4) is 0 Å². The number of hydrogen-bond acceptors (Lipinski definition) is 3. The lowest BCUT2D eigenvalue weighted by Gasteiger charge is -2.13. The van der Waals surface area contributed by atoms with Gasteiger partial charge in [-0.3, -0.25) is 4.98 Å². The number of thioether (sulfide) groups is 1. The smallest absolute Gasteiger partial charge is 0.0346 e. The van der Waals surface area contributed by atoms with Gasteiger partial charge in [0.2, 0.25) is 0 Å². The van der Waals surface area contributed by atoms with Crippen LogP contribution in [0, 0.1) is 0 Å². The Morgan fingerprint density at radius 2 is 2.12 bits per heavy atom. The summed E-state index contributed by atoms with van der Waals surface area (Å²) in [7, 11) is 0. The lowest BCUT2D eigenvalue weighted by molar-refractivity contribution is 0.597. The highest BCUT2D eigenvalue weighted by Crippen LogP contribution is 2.16. The number of nitrogens with one attached hydrogen (secondary N) is 1. The first-order chi connectivity index (χ1) is 8.31. The summed E-state index contributed by atoms with van der Waals surface area (Å²) in [5.74, 6) is 1.14. The predicted molar refractivity (Wildman–Crippen MR) is 76.4 cm³/mol. The van der Waals surface area contributed by atoms with E-state index in [0.29, 0.717) is 6.04 Å². The molecule has 2 aromatic rings. The Morgan fingerprint density at radius 1 is 1.29 bits per heavy atom. The third-order valence-electron chi connectivity index (χ3n) is 2.81. The highest BCUT2D eigenvalue weighted by Gasteiger charge is 2.03. The van der Waals surface area contributed by atoms with Crippen molar-refractivity contribution in [3.05, 3.63) is 42.2 Å². The number of pyridine rings is 1. The van der Waals surface area contributed by atoms with Crippen LogP contribution in [0.15, 0.2) is 36.7 Å². The minimum absolute atomic E-state index is 0.531. The SMILES string of the molecule is CSCC(C)NCc1cncc2ccccc12. The highest BCUT2D eigenvalue weighted by atomic mass is 32.2. The molecule has 0 amide bonds. The lowest BCUT2D eigenvalue weighted by atomic mass is 10.1. The molecule has 0 fully saturated rings. The van der Waals surface area contributed by atoms with E-state index < -0.39 is 0 Å². The zero-order valence-corrected chi connectivity index (χ0v) is 11.1. The molecular weight excluding hydrogens is 228 g/mol. The van der Waals surface area contributed by atoms with Crippen molar-refractivity contribution in [2.45, 2.75) is 19.5 Å². The van der Waals surface area contributed by atoms with Crippen molar-refractivity contribution in [1.82, 2.24) is 10.3 Å². The maximum atomic E-state index is 4.29. The largest absolute Gasteiger partial charge is 0.309 e. The molecule has 1 aromatic carbocycles. The minimum atomic E-state index is 0.531. The first kappa shape index (κ1) is 12.4. The molecule has 1 atom stereocenters. The van der Waals surface area contributed by atoms with Gasteiger partial charge in [-0.05, 0) is 24.1 Å². The zero-order chi connectivity index (χ0) is 12.1. The van der Waals surface area contributed by atoms with Crippen LogP contribution in [0.4, 0.5) is 0 Å². The summed E-state index contributed by atoms with van der Waals surface area (Å²) in [6.45, 7) is 3.10. The molecule has 0 saturated carbocycles.